The van der Waals surface area contributed by atoms with Crippen LogP contribution < -0.4 is 15.4 Å². The first kappa shape index (κ1) is 17.8. The maximum absolute atomic E-state index is 12.0. The molecule has 0 radical (unpaired) electrons. The lowest BCUT2D eigenvalue weighted by Gasteiger charge is -2.16. The van der Waals surface area contributed by atoms with E-state index in [0.29, 0.717) is 19.5 Å². The fourth-order valence-electron chi connectivity index (χ4n) is 2.24. The summed E-state index contributed by atoms with van der Waals surface area (Å²) in [6, 6.07) is 7.38. The van der Waals surface area contributed by atoms with Gasteiger partial charge in [0.1, 0.15) is 5.75 Å². The molecule has 2 rings (SSSR count). The van der Waals surface area contributed by atoms with Crippen molar-refractivity contribution in [2.75, 3.05) is 6.54 Å². The van der Waals surface area contributed by atoms with Crippen molar-refractivity contribution >= 4 is 18.3 Å². The second-order valence-electron chi connectivity index (χ2n) is 5.34. The lowest BCUT2D eigenvalue weighted by Crippen LogP contribution is -2.40. The van der Waals surface area contributed by atoms with Crippen molar-refractivity contribution in [1.29, 1.82) is 0 Å². The fraction of sp³-hybridized carbons (Fsp3) is 0.533. The van der Waals surface area contributed by atoms with Gasteiger partial charge in [0, 0.05) is 18.7 Å². The lowest BCUT2D eigenvalue weighted by atomic mass is 10.1. The second-order valence-corrected chi connectivity index (χ2v) is 5.34. The van der Waals surface area contributed by atoms with Crippen LogP contribution in [0.3, 0.4) is 0 Å². The quantitative estimate of drug-likeness (QED) is 0.764. The molecule has 1 aliphatic heterocycles. The SMILES string of the molecule is CC(C)Oc1ccccc1CNC(=O)C1CC(O)CN1.Cl. The number of hydrogen-bond acceptors (Lipinski definition) is 4. The summed E-state index contributed by atoms with van der Waals surface area (Å²) < 4.78 is 5.71. The smallest absolute Gasteiger partial charge is 0.237 e. The van der Waals surface area contributed by atoms with Crippen molar-refractivity contribution in [3.8, 4) is 5.75 Å². The summed E-state index contributed by atoms with van der Waals surface area (Å²) in [6.45, 7) is 4.85. The van der Waals surface area contributed by atoms with E-state index in [9.17, 15) is 9.90 Å². The van der Waals surface area contributed by atoms with Crippen LogP contribution in [0.25, 0.3) is 0 Å². The molecule has 6 heteroatoms. The Labute approximate surface area is 131 Å². The Kier molecular flexibility index (Phi) is 6.95. The molecule has 1 aliphatic rings. The van der Waals surface area contributed by atoms with Crippen molar-refractivity contribution in [2.24, 2.45) is 0 Å². The molecular formula is C15H23ClN2O3. The molecule has 1 saturated heterocycles. The van der Waals surface area contributed by atoms with E-state index in [1.54, 1.807) is 0 Å². The standard InChI is InChI=1S/C15H22N2O3.ClH/c1-10(2)20-14-6-4-3-5-11(14)8-17-15(19)13-7-12(18)9-16-13;/h3-6,10,12-13,16,18H,7-9H2,1-2H3,(H,17,19);1H. The van der Waals surface area contributed by atoms with Crippen LogP contribution >= 0.6 is 12.4 Å². The van der Waals surface area contributed by atoms with Crippen LogP contribution in [-0.4, -0.2) is 35.8 Å². The van der Waals surface area contributed by atoms with Gasteiger partial charge in [-0.1, -0.05) is 18.2 Å². The normalized spacial score (nSPS) is 21.0. The first-order chi connectivity index (χ1) is 9.56. The van der Waals surface area contributed by atoms with Gasteiger partial charge in [-0.2, -0.15) is 0 Å². The average molecular weight is 315 g/mol. The van der Waals surface area contributed by atoms with E-state index in [0.717, 1.165) is 11.3 Å². The van der Waals surface area contributed by atoms with Gasteiger partial charge in [-0.05, 0) is 26.3 Å². The maximum Gasteiger partial charge on any atom is 0.237 e. The molecule has 0 bridgehead atoms. The van der Waals surface area contributed by atoms with Gasteiger partial charge in [0.2, 0.25) is 5.91 Å². The average Bonchev–Trinajstić information content (AvgIpc) is 2.83. The largest absolute Gasteiger partial charge is 0.491 e. The monoisotopic (exact) mass is 314 g/mol. The molecule has 3 N–H and O–H groups in total. The number of hydrogen-bond donors (Lipinski definition) is 3. The number of carbonyl (C=O) groups excluding carboxylic acids is 1. The highest BCUT2D eigenvalue weighted by Crippen LogP contribution is 2.19. The summed E-state index contributed by atoms with van der Waals surface area (Å²) >= 11 is 0. The Balaban J connectivity index is 0.00000220. The Morgan fingerprint density at radius 3 is 2.81 bits per heavy atom. The summed E-state index contributed by atoms with van der Waals surface area (Å²) in [5.74, 6) is 0.711. The summed E-state index contributed by atoms with van der Waals surface area (Å²) in [7, 11) is 0. The van der Waals surface area contributed by atoms with Crippen LogP contribution in [0.15, 0.2) is 24.3 Å². The zero-order valence-corrected chi connectivity index (χ0v) is 13.2. The molecule has 0 aromatic heterocycles. The van der Waals surface area contributed by atoms with Crippen molar-refractivity contribution in [3.05, 3.63) is 29.8 Å². The van der Waals surface area contributed by atoms with E-state index in [1.165, 1.54) is 0 Å². The van der Waals surface area contributed by atoms with Crippen LogP contribution in [0.2, 0.25) is 0 Å². The molecule has 1 fully saturated rings. The van der Waals surface area contributed by atoms with Crippen molar-refractivity contribution in [2.45, 2.75) is 45.1 Å². The molecule has 0 aliphatic carbocycles. The second kappa shape index (κ2) is 8.22. The fourth-order valence-corrected chi connectivity index (χ4v) is 2.24. The maximum atomic E-state index is 12.0. The van der Waals surface area contributed by atoms with E-state index in [4.69, 9.17) is 4.74 Å². The minimum atomic E-state index is -0.428. The predicted molar refractivity (Wildman–Crippen MR) is 83.7 cm³/mol. The van der Waals surface area contributed by atoms with Gasteiger partial charge in [-0.25, -0.2) is 0 Å². The highest BCUT2D eigenvalue weighted by Gasteiger charge is 2.27. The molecular weight excluding hydrogens is 292 g/mol. The van der Waals surface area contributed by atoms with E-state index < -0.39 is 6.10 Å². The third-order valence-electron chi connectivity index (χ3n) is 3.21. The first-order valence-corrected chi connectivity index (χ1v) is 7.00. The summed E-state index contributed by atoms with van der Waals surface area (Å²) in [6.07, 6.45) is 0.136. The van der Waals surface area contributed by atoms with Crippen LogP contribution in [0.5, 0.6) is 5.75 Å². The number of aliphatic hydroxyl groups is 1. The van der Waals surface area contributed by atoms with E-state index >= 15 is 0 Å². The van der Waals surface area contributed by atoms with Gasteiger partial charge in [0.05, 0.1) is 18.2 Å². The topological polar surface area (TPSA) is 70.6 Å². The molecule has 5 nitrogen and oxygen atoms in total. The van der Waals surface area contributed by atoms with Gasteiger partial charge in [0.15, 0.2) is 0 Å². The number of β-amino-alcohol motifs (C(OH)–C–C–N with tert-alkyl or cyclic N) is 1. The number of rotatable bonds is 5. The third kappa shape index (κ3) is 5.19. The summed E-state index contributed by atoms with van der Waals surface area (Å²) in [4.78, 5) is 12.0. The zero-order valence-electron chi connectivity index (χ0n) is 12.3. The molecule has 21 heavy (non-hydrogen) atoms. The van der Waals surface area contributed by atoms with Crippen molar-refractivity contribution < 1.29 is 14.6 Å². The van der Waals surface area contributed by atoms with Crippen LogP contribution in [0, 0.1) is 0 Å². The number of halogens is 1. The van der Waals surface area contributed by atoms with E-state index in [-0.39, 0.29) is 30.5 Å². The number of amides is 1. The van der Waals surface area contributed by atoms with Gasteiger partial charge < -0.3 is 20.5 Å². The van der Waals surface area contributed by atoms with Crippen molar-refractivity contribution in [3.63, 3.8) is 0 Å². The molecule has 0 saturated carbocycles. The number of aliphatic hydroxyl groups excluding tert-OH is 1. The predicted octanol–water partition coefficient (Wildman–Crippen LogP) is 1.23. The van der Waals surface area contributed by atoms with Gasteiger partial charge in [-0.15, -0.1) is 12.4 Å². The number of benzene rings is 1. The Morgan fingerprint density at radius 1 is 1.48 bits per heavy atom. The highest BCUT2D eigenvalue weighted by molar-refractivity contribution is 5.85. The highest BCUT2D eigenvalue weighted by atomic mass is 35.5. The minimum absolute atomic E-state index is 0. The number of para-hydroxylation sites is 1. The van der Waals surface area contributed by atoms with Crippen LogP contribution in [0.4, 0.5) is 0 Å². The summed E-state index contributed by atoms with van der Waals surface area (Å²) in [5, 5.41) is 15.3. The lowest BCUT2D eigenvalue weighted by molar-refractivity contribution is -0.123. The minimum Gasteiger partial charge on any atom is -0.491 e. The van der Waals surface area contributed by atoms with Crippen LogP contribution in [0.1, 0.15) is 25.8 Å². The van der Waals surface area contributed by atoms with Crippen LogP contribution in [-0.2, 0) is 11.3 Å². The molecule has 0 spiro atoms. The molecule has 1 aromatic rings. The number of ether oxygens (including phenoxy) is 1. The molecule has 1 heterocycles. The van der Waals surface area contributed by atoms with Gasteiger partial charge in [0.25, 0.3) is 0 Å². The molecule has 2 unspecified atom stereocenters. The number of carbonyl (C=O) groups is 1. The third-order valence-corrected chi connectivity index (χ3v) is 3.21. The Hall–Kier alpha value is -1.30. The zero-order chi connectivity index (χ0) is 14.5. The molecule has 1 amide bonds. The molecule has 2 atom stereocenters. The number of nitrogens with one attached hydrogen (secondary N) is 2. The summed E-state index contributed by atoms with van der Waals surface area (Å²) in [5.41, 5.74) is 0.952. The Bertz CT molecular complexity index is 468. The van der Waals surface area contributed by atoms with E-state index in [1.807, 2.05) is 38.1 Å². The van der Waals surface area contributed by atoms with Crippen molar-refractivity contribution in [1.82, 2.24) is 10.6 Å². The first-order valence-electron chi connectivity index (χ1n) is 7.00. The van der Waals surface area contributed by atoms with Gasteiger partial charge in [-0.3, -0.25) is 4.79 Å². The molecule has 1 aromatic carbocycles. The Morgan fingerprint density at radius 2 is 2.19 bits per heavy atom. The van der Waals surface area contributed by atoms with E-state index in [2.05, 4.69) is 10.6 Å². The van der Waals surface area contributed by atoms with Gasteiger partial charge >= 0.3 is 0 Å². The molecule has 118 valence electrons.